The van der Waals surface area contributed by atoms with Gasteiger partial charge in [-0.25, -0.2) is 9.97 Å². The van der Waals surface area contributed by atoms with Gasteiger partial charge >= 0.3 is 5.91 Å². The summed E-state index contributed by atoms with van der Waals surface area (Å²) in [4.78, 5) is 26.8. The maximum atomic E-state index is 12.1. The highest BCUT2D eigenvalue weighted by Gasteiger charge is 2.11. The number of fused-ring (bicyclic) bond motifs is 1. The van der Waals surface area contributed by atoms with Gasteiger partial charge in [0.25, 0.3) is 0 Å². The van der Waals surface area contributed by atoms with Crippen LogP contribution in [0.3, 0.4) is 0 Å². The van der Waals surface area contributed by atoms with E-state index in [9.17, 15) is 4.79 Å². The van der Waals surface area contributed by atoms with Crippen LogP contribution in [0.5, 0.6) is 0 Å². The van der Waals surface area contributed by atoms with Crippen molar-refractivity contribution < 1.29 is 4.79 Å². The number of hydrogen-bond donors (Lipinski definition) is 1. The molecule has 0 fully saturated rings. The van der Waals surface area contributed by atoms with Gasteiger partial charge in [-0.05, 0) is 73.7 Å². The Hall–Kier alpha value is -4.24. The van der Waals surface area contributed by atoms with Crippen molar-refractivity contribution in [3.05, 3.63) is 83.9 Å². The molecule has 1 amide bonds. The van der Waals surface area contributed by atoms with Crippen molar-refractivity contribution in [2.24, 2.45) is 0 Å². The largest absolute Gasteiger partial charge is 0.340 e. The minimum atomic E-state index is -0.266. The fourth-order valence-electron chi connectivity index (χ4n) is 3.34. The van der Waals surface area contributed by atoms with Crippen LogP contribution < -0.4 is 10.2 Å². The number of anilines is 3. The molecule has 0 saturated heterocycles. The number of aromatic nitrogens is 3. The lowest BCUT2D eigenvalue weighted by atomic mass is 10.1. The van der Waals surface area contributed by atoms with Crippen molar-refractivity contribution in [3.8, 4) is 11.8 Å². The maximum Gasteiger partial charge on any atom is 0.302 e. The van der Waals surface area contributed by atoms with Crippen molar-refractivity contribution in [2.75, 3.05) is 17.3 Å². The summed E-state index contributed by atoms with van der Waals surface area (Å²) < 4.78 is 0. The number of carbonyl (C=O) groups is 1. The molecule has 0 unspecified atom stereocenters. The second-order valence-electron chi connectivity index (χ2n) is 7.47. The Kier molecular flexibility index (Phi) is 6.09. The number of carbonyl (C=O) groups excluding carboxylic acids is 1. The first-order valence-electron chi connectivity index (χ1n) is 10.3. The molecule has 0 aliphatic rings. The van der Waals surface area contributed by atoms with Crippen LogP contribution in [0.15, 0.2) is 67.1 Å². The molecular formula is C26H23N5O. The van der Waals surface area contributed by atoms with Gasteiger partial charge in [-0.15, -0.1) is 0 Å². The number of aryl methyl sites for hydroxylation is 1. The van der Waals surface area contributed by atoms with Gasteiger partial charge in [-0.1, -0.05) is 24.1 Å². The molecule has 32 heavy (non-hydrogen) atoms. The van der Waals surface area contributed by atoms with Crippen LogP contribution in [-0.2, 0) is 11.2 Å². The Bertz CT molecular complexity index is 1320. The average Bonchev–Trinajstić information content (AvgIpc) is 2.81. The minimum absolute atomic E-state index is 0.266. The number of rotatable bonds is 5. The van der Waals surface area contributed by atoms with E-state index in [1.165, 1.54) is 22.4 Å². The van der Waals surface area contributed by atoms with E-state index in [-0.39, 0.29) is 5.91 Å². The topological polar surface area (TPSA) is 71.0 Å². The van der Waals surface area contributed by atoms with Gasteiger partial charge < -0.3 is 10.2 Å². The van der Waals surface area contributed by atoms with Crippen LogP contribution in [0.1, 0.15) is 23.7 Å². The smallest absolute Gasteiger partial charge is 0.302 e. The van der Waals surface area contributed by atoms with Gasteiger partial charge in [-0.2, -0.15) is 0 Å². The quantitative estimate of drug-likeness (QED) is 0.475. The van der Waals surface area contributed by atoms with E-state index >= 15 is 0 Å². The zero-order valence-electron chi connectivity index (χ0n) is 18.3. The Balaban J connectivity index is 1.56. The molecule has 6 heteroatoms. The van der Waals surface area contributed by atoms with Crippen LogP contribution in [-0.4, -0.2) is 27.9 Å². The first-order valence-corrected chi connectivity index (χ1v) is 10.3. The molecule has 0 bridgehead atoms. The molecule has 6 nitrogen and oxygen atoms in total. The Labute approximate surface area is 187 Å². The van der Waals surface area contributed by atoms with E-state index in [1.54, 1.807) is 14.0 Å². The SMILES string of the molecule is CC#CC(=O)N(C)c1ccc2ncnc(Nc3ccc(Cc4ccc(C)nc4)cc3)c2c1. The highest BCUT2D eigenvalue weighted by atomic mass is 16.2. The summed E-state index contributed by atoms with van der Waals surface area (Å²) in [5, 5.41) is 4.19. The highest BCUT2D eigenvalue weighted by Crippen LogP contribution is 2.27. The van der Waals surface area contributed by atoms with E-state index in [1.807, 2.05) is 49.5 Å². The molecule has 1 N–H and O–H groups in total. The zero-order chi connectivity index (χ0) is 22.5. The van der Waals surface area contributed by atoms with Gasteiger partial charge in [0.2, 0.25) is 0 Å². The van der Waals surface area contributed by atoms with E-state index < -0.39 is 0 Å². The first kappa shape index (κ1) is 21.0. The lowest BCUT2D eigenvalue weighted by Gasteiger charge is -2.16. The molecule has 0 saturated carbocycles. The molecule has 0 aliphatic heterocycles. The molecule has 2 aromatic heterocycles. The van der Waals surface area contributed by atoms with Gasteiger partial charge in [0, 0.05) is 35.7 Å². The van der Waals surface area contributed by atoms with E-state index in [0.717, 1.165) is 34.4 Å². The first-order chi connectivity index (χ1) is 15.5. The standard InChI is InChI=1S/C26H23N5O/c1-4-5-25(32)31(3)22-12-13-24-23(15-22)26(29-17-28-24)30-21-10-8-19(9-11-21)14-20-7-6-18(2)27-16-20/h6-13,15-17H,14H2,1-3H3,(H,28,29,30). The Morgan fingerprint density at radius 3 is 2.50 bits per heavy atom. The molecule has 0 aliphatic carbocycles. The molecule has 0 atom stereocenters. The van der Waals surface area contributed by atoms with E-state index in [4.69, 9.17) is 0 Å². The predicted octanol–water partition coefficient (Wildman–Crippen LogP) is 4.65. The van der Waals surface area contributed by atoms with Crippen molar-refractivity contribution in [1.29, 1.82) is 0 Å². The molecule has 158 valence electrons. The normalized spacial score (nSPS) is 10.3. The molecule has 0 spiro atoms. The number of benzene rings is 2. The summed E-state index contributed by atoms with van der Waals surface area (Å²) in [6.45, 7) is 3.63. The van der Waals surface area contributed by atoms with Crippen molar-refractivity contribution in [2.45, 2.75) is 20.3 Å². The second-order valence-corrected chi connectivity index (χ2v) is 7.47. The maximum absolute atomic E-state index is 12.1. The number of nitrogens with zero attached hydrogens (tertiary/aromatic N) is 4. The predicted molar refractivity (Wildman–Crippen MR) is 128 cm³/mol. The summed E-state index contributed by atoms with van der Waals surface area (Å²) in [5.41, 5.74) is 5.83. The summed E-state index contributed by atoms with van der Waals surface area (Å²) in [7, 11) is 1.70. The lowest BCUT2D eigenvalue weighted by Crippen LogP contribution is -2.24. The van der Waals surface area contributed by atoms with Gasteiger partial charge in [-0.3, -0.25) is 9.78 Å². The van der Waals surface area contributed by atoms with Crippen LogP contribution >= 0.6 is 0 Å². The molecule has 0 radical (unpaired) electrons. The molecule has 4 aromatic rings. The van der Waals surface area contributed by atoms with Crippen LogP contribution in [0.25, 0.3) is 10.9 Å². The van der Waals surface area contributed by atoms with Crippen molar-refractivity contribution in [1.82, 2.24) is 15.0 Å². The molecule has 4 rings (SSSR count). The number of hydrogen-bond acceptors (Lipinski definition) is 5. The van der Waals surface area contributed by atoms with E-state index in [2.05, 4.69) is 50.3 Å². The summed E-state index contributed by atoms with van der Waals surface area (Å²) >= 11 is 0. The third-order valence-corrected chi connectivity index (χ3v) is 5.14. The number of pyridine rings is 1. The summed E-state index contributed by atoms with van der Waals surface area (Å²) in [6.07, 6.45) is 4.27. The van der Waals surface area contributed by atoms with Gasteiger partial charge in [0.1, 0.15) is 12.1 Å². The Morgan fingerprint density at radius 1 is 1.00 bits per heavy atom. The fraction of sp³-hybridized carbons (Fsp3) is 0.154. The third kappa shape index (κ3) is 4.73. The number of nitrogens with one attached hydrogen (secondary N) is 1. The van der Waals surface area contributed by atoms with Crippen LogP contribution in [0.2, 0.25) is 0 Å². The third-order valence-electron chi connectivity index (χ3n) is 5.14. The van der Waals surface area contributed by atoms with Crippen LogP contribution in [0.4, 0.5) is 17.2 Å². The molecule has 2 heterocycles. The van der Waals surface area contributed by atoms with Gasteiger partial charge in [0.15, 0.2) is 0 Å². The zero-order valence-corrected chi connectivity index (χ0v) is 18.3. The monoisotopic (exact) mass is 421 g/mol. The van der Waals surface area contributed by atoms with Crippen molar-refractivity contribution >= 4 is 34.0 Å². The average molecular weight is 422 g/mol. The van der Waals surface area contributed by atoms with Crippen molar-refractivity contribution in [3.63, 3.8) is 0 Å². The fourth-order valence-corrected chi connectivity index (χ4v) is 3.34. The Morgan fingerprint density at radius 2 is 1.78 bits per heavy atom. The van der Waals surface area contributed by atoms with Crippen LogP contribution in [0, 0.1) is 18.8 Å². The summed E-state index contributed by atoms with van der Waals surface area (Å²) in [5.74, 6) is 5.61. The highest BCUT2D eigenvalue weighted by molar-refractivity contribution is 6.06. The minimum Gasteiger partial charge on any atom is -0.340 e. The number of amides is 1. The van der Waals surface area contributed by atoms with E-state index in [0.29, 0.717) is 5.82 Å². The molecule has 2 aromatic carbocycles. The van der Waals surface area contributed by atoms with Gasteiger partial charge in [0.05, 0.1) is 5.52 Å². The molecular weight excluding hydrogens is 398 g/mol. The second kappa shape index (κ2) is 9.27. The lowest BCUT2D eigenvalue weighted by molar-refractivity contribution is -0.113. The summed E-state index contributed by atoms with van der Waals surface area (Å²) in [6, 6.07) is 18.0.